The summed E-state index contributed by atoms with van der Waals surface area (Å²) in [6, 6.07) is 11.7. The molecule has 0 atom stereocenters. The number of aryl methyl sites for hydroxylation is 1. The second-order valence-electron chi connectivity index (χ2n) is 6.45. The Bertz CT molecular complexity index is 893. The molecule has 0 radical (unpaired) electrons. The van der Waals surface area contributed by atoms with Crippen LogP contribution in [0.4, 0.5) is 5.82 Å². The van der Waals surface area contributed by atoms with E-state index in [9.17, 15) is 4.79 Å². The van der Waals surface area contributed by atoms with Gasteiger partial charge < -0.3 is 14.6 Å². The fourth-order valence-corrected chi connectivity index (χ4v) is 3.31. The van der Waals surface area contributed by atoms with E-state index in [1.165, 1.54) is 12.8 Å². The van der Waals surface area contributed by atoms with Gasteiger partial charge in [-0.3, -0.25) is 4.79 Å². The molecule has 1 amide bonds. The highest BCUT2D eigenvalue weighted by atomic mass is 16.3. The van der Waals surface area contributed by atoms with Gasteiger partial charge in [0.1, 0.15) is 11.4 Å². The molecule has 0 spiro atoms. The van der Waals surface area contributed by atoms with E-state index in [4.69, 9.17) is 4.42 Å². The maximum Gasteiger partial charge on any atom is 0.287 e. The molecule has 0 saturated carbocycles. The molecular weight excluding hydrogens is 314 g/mol. The molecule has 1 N–H and O–H groups in total. The van der Waals surface area contributed by atoms with Gasteiger partial charge >= 0.3 is 0 Å². The van der Waals surface area contributed by atoms with E-state index in [2.05, 4.69) is 15.2 Å². The quantitative estimate of drug-likeness (QED) is 0.790. The molecule has 3 heterocycles. The Morgan fingerprint density at radius 3 is 2.72 bits per heavy atom. The summed E-state index contributed by atoms with van der Waals surface area (Å²) >= 11 is 0. The van der Waals surface area contributed by atoms with Crippen LogP contribution in [0.3, 0.4) is 0 Å². The molecule has 5 nitrogen and oxygen atoms in total. The molecule has 1 saturated heterocycles. The Kier molecular flexibility index (Phi) is 4.14. The fourth-order valence-electron chi connectivity index (χ4n) is 3.31. The maximum absolute atomic E-state index is 12.5. The highest BCUT2D eigenvalue weighted by Crippen LogP contribution is 2.24. The smallest absolute Gasteiger partial charge is 0.287 e. The predicted octanol–water partition coefficient (Wildman–Crippen LogP) is 3.67. The topological polar surface area (TPSA) is 58.4 Å². The lowest BCUT2D eigenvalue weighted by Gasteiger charge is -2.16. The van der Waals surface area contributed by atoms with Gasteiger partial charge in [0, 0.05) is 36.8 Å². The summed E-state index contributed by atoms with van der Waals surface area (Å²) in [6.07, 6.45) is 4.30. The maximum atomic E-state index is 12.5. The van der Waals surface area contributed by atoms with E-state index in [1.807, 2.05) is 49.5 Å². The summed E-state index contributed by atoms with van der Waals surface area (Å²) in [5, 5.41) is 3.90. The number of carbonyl (C=O) groups excluding carboxylic acids is 1. The Labute approximate surface area is 146 Å². The molecule has 2 aromatic heterocycles. The third kappa shape index (κ3) is 3.09. The van der Waals surface area contributed by atoms with E-state index in [-0.39, 0.29) is 5.91 Å². The van der Waals surface area contributed by atoms with Gasteiger partial charge in [-0.25, -0.2) is 4.98 Å². The summed E-state index contributed by atoms with van der Waals surface area (Å²) < 4.78 is 5.70. The zero-order valence-corrected chi connectivity index (χ0v) is 14.3. The molecule has 0 bridgehead atoms. The second kappa shape index (κ2) is 6.59. The van der Waals surface area contributed by atoms with Crippen molar-refractivity contribution in [1.82, 2.24) is 10.3 Å². The first-order valence-electron chi connectivity index (χ1n) is 8.68. The minimum absolute atomic E-state index is 0.197. The predicted molar refractivity (Wildman–Crippen MR) is 97.8 cm³/mol. The molecular formula is C20H21N3O2. The second-order valence-corrected chi connectivity index (χ2v) is 6.45. The largest absolute Gasteiger partial charge is 0.451 e. The number of carbonyl (C=O) groups is 1. The van der Waals surface area contributed by atoms with E-state index in [1.54, 1.807) is 0 Å². The number of hydrogen-bond acceptors (Lipinski definition) is 4. The van der Waals surface area contributed by atoms with Crippen molar-refractivity contribution in [1.29, 1.82) is 0 Å². The van der Waals surface area contributed by atoms with Gasteiger partial charge in [-0.1, -0.05) is 24.3 Å². The lowest BCUT2D eigenvalue weighted by molar-refractivity contribution is 0.0924. The molecule has 25 heavy (non-hydrogen) atoms. The fraction of sp³-hybridized carbons (Fsp3) is 0.300. The van der Waals surface area contributed by atoms with Crippen molar-refractivity contribution >= 4 is 22.7 Å². The van der Waals surface area contributed by atoms with Gasteiger partial charge in [-0.15, -0.1) is 0 Å². The minimum Gasteiger partial charge on any atom is -0.451 e. The van der Waals surface area contributed by atoms with Crippen molar-refractivity contribution in [3.05, 3.63) is 59.5 Å². The lowest BCUT2D eigenvalue weighted by atomic mass is 10.1. The first kappa shape index (κ1) is 15.7. The third-order valence-electron chi connectivity index (χ3n) is 4.74. The number of hydrogen-bond donors (Lipinski definition) is 1. The number of pyridine rings is 1. The SMILES string of the molecule is Cc1c(C(=O)NCc2ccc(N3CCCC3)nc2)oc2ccccc12. The van der Waals surface area contributed by atoms with Crippen molar-refractivity contribution in [3.63, 3.8) is 0 Å². The van der Waals surface area contributed by atoms with Crippen LogP contribution in [0, 0.1) is 6.92 Å². The number of amides is 1. The van der Waals surface area contributed by atoms with Crippen LogP contribution in [-0.2, 0) is 6.54 Å². The number of para-hydroxylation sites is 1. The van der Waals surface area contributed by atoms with Gasteiger partial charge in [-0.2, -0.15) is 0 Å². The number of anilines is 1. The number of rotatable bonds is 4. The minimum atomic E-state index is -0.197. The number of fused-ring (bicyclic) bond motifs is 1. The van der Waals surface area contributed by atoms with Gasteiger partial charge in [0.2, 0.25) is 0 Å². The molecule has 128 valence electrons. The van der Waals surface area contributed by atoms with Crippen molar-refractivity contribution in [2.75, 3.05) is 18.0 Å². The molecule has 4 rings (SSSR count). The van der Waals surface area contributed by atoms with Crippen LogP contribution in [0.5, 0.6) is 0 Å². The average molecular weight is 335 g/mol. The van der Waals surface area contributed by atoms with Crippen molar-refractivity contribution in [2.45, 2.75) is 26.3 Å². The van der Waals surface area contributed by atoms with E-state index in [0.29, 0.717) is 12.3 Å². The molecule has 3 aromatic rings. The van der Waals surface area contributed by atoms with Crippen LogP contribution in [0.15, 0.2) is 47.0 Å². The summed E-state index contributed by atoms with van der Waals surface area (Å²) in [5.74, 6) is 1.20. The Balaban J connectivity index is 1.43. The highest BCUT2D eigenvalue weighted by molar-refractivity contribution is 5.98. The van der Waals surface area contributed by atoms with E-state index in [0.717, 1.165) is 41.0 Å². The van der Waals surface area contributed by atoms with Crippen molar-refractivity contribution < 1.29 is 9.21 Å². The number of nitrogens with zero attached hydrogens (tertiary/aromatic N) is 2. The summed E-state index contributed by atoms with van der Waals surface area (Å²) in [4.78, 5) is 19.3. The molecule has 1 aromatic carbocycles. The lowest BCUT2D eigenvalue weighted by Crippen LogP contribution is -2.23. The Hall–Kier alpha value is -2.82. The van der Waals surface area contributed by atoms with E-state index < -0.39 is 0 Å². The van der Waals surface area contributed by atoms with Crippen molar-refractivity contribution in [2.24, 2.45) is 0 Å². The average Bonchev–Trinajstić information content (AvgIpc) is 3.29. The van der Waals surface area contributed by atoms with Gasteiger partial charge in [0.05, 0.1) is 0 Å². The van der Waals surface area contributed by atoms with Crippen LogP contribution in [-0.4, -0.2) is 24.0 Å². The summed E-state index contributed by atoms with van der Waals surface area (Å²) in [7, 11) is 0. The van der Waals surface area contributed by atoms with Crippen LogP contribution >= 0.6 is 0 Å². The zero-order chi connectivity index (χ0) is 17.2. The normalized spacial score (nSPS) is 14.2. The Morgan fingerprint density at radius 1 is 1.20 bits per heavy atom. The van der Waals surface area contributed by atoms with Gasteiger partial charge in [-0.05, 0) is 37.5 Å². The number of aromatic nitrogens is 1. The first-order valence-corrected chi connectivity index (χ1v) is 8.68. The van der Waals surface area contributed by atoms with Crippen molar-refractivity contribution in [3.8, 4) is 0 Å². The molecule has 1 fully saturated rings. The highest BCUT2D eigenvalue weighted by Gasteiger charge is 2.17. The number of benzene rings is 1. The van der Waals surface area contributed by atoms with Crippen LogP contribution in [0.2, 0.25) is 0 Å². The van der Waals surface area contributed by atoms with Gasteiger partial charge in [0.25, 0.3) is 5.91 Å². The summed E-state index contributed by atoms with van der Waals surface area (Å²) in [5.41, 5.74) is 2.59. The standard InChI is InChI=1S/C20H21N3O2/c1-14-16-6-2-3-7-17(16)25-19(14)20(24)22-13-15-8-9-18(21-12-15)23-10-4-5-11-23/h2-3,6-9,12H,4-5,10-11,13H2,1H3,(H,22,24). The molecule has 0 aliphatic carbocycles. The molecule has 1 aliphatic heterocycles. The van der Waals surface area contributed by atoms with Gasteiger partial charge in [0.15, 0.2) is 5.76 Å². The molecule has 5 heteroatoms. The first-order chi connectivity index (χ1) is 12.2. The third-order valence-corrected chi connectivity index (χ3v) is 4.74. The monoisotopic (exact) mass is 335 g/mol. The summed E-state index contributed by atoms with van der Waals surface area (Å²) in [6.45, 7) is 4.50. The van der Waals surface area contributed by atoms with E-state index >= 15 is 0 Å². The molecule has 0 unspecified atom stereocenters. The number of furan rings is 1. The zero-order valence-electron chi connectivity index (χ0n) is 14.3. The van der Waals surface area contributed by atoms with Crippen LogP contribution in [0.25, 0.3) is 11.0 Å². The van der Waals surface area contributed by atoms with Crippen LogP contribution < -0.4 is 10.2 Å². The Morgan fingerprint density at radius 2 is 2.00 bits per heavy atom. The number of nitrogens with one attached hydrogen (secondary N) is 1. The molecule has 1 aliphatic rings. The van der Waals surface area contributed by atoms with Crippen LogP contribution in [0.1, 0.15) is 34.5 Å².